The molecule has 2 aromatic rings. The molecule has 1 aliphatic carbocycles. The third kappa shape index (κ3) is 4.71. The van der Waals surface area contributed by atoms with Crippen molar-refractivity contribution in [2.45, 2.75) is 37.5 Å². The summed E-state index contributed by atoms with van der Waals surface area (Å²) in [6, 6.07) is 11.0. The van der Waals surface area contributed by atoms with Gasteiger partial charge in [-0.25, -0.2) is 14.8 Å². The Balaban J connectivity index is 1.34. The maximum atomic E-state index is 13.0. The van der Waals surface area contributed by atoms with Gasteiger partial charge in [-0.1, -0.05) is 30.3 Å². The molecule has 0 spiro atoms. The van der Waals surface area contributed by atoms with Crippen LogP contribution < -0.4 is 16.0 Å². The van der Waals surface area contributed by atoms with Crippen LogP contribution in [0, 0.1) is 5.92 Å². The molecule has 8 heteroatoms. The number of carbonyl (C=O) groups excluding carboxylic acids is 2. The summed E-state index contributed by atoms with van der Waals surface area (Å²) in [5.74, 6) is 0.161. The highest BCUT2D eigenvalue weighted by molar-refractivity contribution is 5.82. The molecule has 4 rings (SSSR count). The Kier molecular flexibility index (Phi) is 5.71. The smallest absolute Gasteiger partial charge is 0.407 e. The molecule has 2 aliphatic rings. The Hall–Kier alpha value is -3.00. The molecule has 2 amide bonds. The van der Waals surface area contributed by atoms with Crippen LogP contribution in [-0.2, 0) is 21.7 Å². The van der Waals surface area contributed by atoms with Gasteiger partial charge in [0.15, 0.2) is 5.82 Å². The number of carbonyl (C=O) groups is 2. The van der Waals surface area contributed by atoms with Crippen molar-refractivity contribution in [1.82, 2.24) is 25.9 Å². The topological polar surface area (TPSA) is 105 Å². The van der Waals surface area contributed by atoms with Crippen LogP contribution in [0.15, 0.2) is 48.8 Å². The largest absolute Gasteiger partial charge is 0.445 e. The number of hydrogen-bond acceptors (Lipinski definition) is 6. The van der Waals surface area contributed by atoms with Gasteiger partial charge in [-0.3, -0.25) is 4.79 Å². The summed E-state index contributed by atoms with van der Waals surface area (Å²) in [5, 5.41) is 9.23. The van der Waals surface area contributed by atoms with Crippen molar-refractivity contribution in [2.75, 3.05) is 13.1 Å². The lowest BCUT2D eigenvalue weighted by Crippen LogP contribution is -2.56. The number of aromatic nitrogens is 2. The van der Waals surface area contributed by atoms with Crippen molar-refractivity contribution in [1.29, 1.82) is 0 Å². The average molecular weight is 395 g/mol. The van der Waals surface area contributed by atoms with Crippen LogP contribution in [0.5, 0.6) is 0 Å². The van der Waals surface area contributed by atoms with Gasteiger partial charge >= 0.3 is 6.09 Å². The van der Waals surface area contributed by atoms with Gasteiger partial charge in [-0.05, 0) is 37.4 Å². The molecule has 2 heterocycles. The van der Waals surface area contributed by atoms with Gasteiger partial charge in [-0.15, -0.1) is 0 Å². The molecule has 29 heavy (non-hydrogen) atoms. The van der Waals surface area contributed by atoms with E-state index >= 15 is 0 Å². The van der Waals surface area contributed by atoms with E-state index in [1.165, 1.54) is 0 Å². The fourth-order valence-corrected chi connectivity index (χ4v) is 3.63. The average Bonchev–Trinajstić information content (AvgIpc) is 3.54. The van der Waals surface area contributed by atoms with Gasteiger partial charge in [0.25, 0.3) is 0 Å². The van der Waals surface area contributed by atoms with Gasteiger partial charge in [0, 0.05) is 25.0 Å². The van der Waals surface area contributed by atoms with Crippen LogP contribution in [0.25, 0.3) is 0 Å². The molecule has 0 bridgehead atoms. The van der Waals surface area contributed by atoms with E-state index in [2.05, 4.69) is 25.9 Å². The molecule has 1 aromatic heterocycles. The van der Waals surface area contributed by atoms with Crippen molar-refractivity contribution in [3.8, 4) is 0 Å². The van der Waals surface area contributed by atoms with Crippen LogP contribution in [0.1, 0.15) is 30.7 Å². The first kappa shape index (κ1) is 19.3. The molecular formula is C21H25N5O3. The zero-order valence-corrected chi connectivity index (χ0v) is 16.1. The fraction of sp³-hybridized carbons (Fsp3) is 0.429. The molecule has 2 unspecified atom stereocenters. The van der Waals surface area contributed by atoms with Crippen molar-refractivity contribution < 1.29 is 14.3 Å². The van der Waals surface area contributed by atoms with Gasteiger partial charge in [0.1, 0.15) is 6.61 Å². The minimum Gasteiger partial charge on any atom is -0.445 e. The van der Waals surface area contributed by atoms with Crippen LogP contribution in [-0.4, -0.2) is 41.1 Å². The van der Waals surface area contributed by atoms with Crippen LogP contribution in [0.4, 0.5) is 4.79 Å². The molecule has 3 N–H and O–H groups in total. The monoisotopic (exact) mass is 395 g/mol. The van der Waals surface area contributed by atoms with Gasteiger partial charge in [0.05, 0.1) is 11.5 Å². The first-order valence-electron chi connectivity index (χ1n) is 9.94. The predicted molar refractivity (Wildman–Crippen MR) is 106 cm³/mol. The minimum absolute atomic E-state index is 0.101. The number of piperidine rings is 1. The van der Waals surface area contributed by atoms with Gasteiger partial charge in [0.2, 0.25) is 5.91 Å². The third-order valence-electron chi connectivity index (χ3n) is 5.44. The summed E-state index contributed by atoms with van der Waals surface area (Å²) in [6.07, 6.45) is 5.16. The lowest BCUT2D eigenvalue weighted by atomic mass is 9.92. The number of rotatable bonds is 6. The molecule has 1 aliphatic heterocycles. The second kappa shape index (κ2) is 8.57. The molecule has 1 saturated carbocycles. The maximum Gasteiger partial charge on any atom is 0.407 e. The second-order valence-corrected chi connectivity index (χ2v) is 7.56. The van der Waals surface area contributed by atoms with Crippen molar-refractivity contribution in [3.63, 3.8) is 0 Å². The molecule has 2 fully saturated rings. The number of hydrogen-bond donors (Lipinski definition) is 3. The number of amides is 2. The highest BCUT2D eigenvalue weighted by Crippen LogP contribution is 2.43. The summed E-state index contributed by atoms with van der Waals surface area (Å²) in [4.78, 5) is 33.9. The standard InChI is InChI=1S/C21H25N5O3/c27-18(26-21(8-9-21)19-23-10-4-11-24-19)16-13-22-12-7-17(16)25-20(28)29-14-15-5-2-1-3-6-15/h1-6,10-11,16-17,22H,7-9,12-14H2,(H,25,28)(H,26,27). The van der Waals surface area contributed by atoms with Crippen LogP contribution in [0.2, 0.25) is 0 Å². The fourth-order valence-electron chi connectivity index (χ4n) is 3.63. The zero-order chi connectivity index (χ0) is 20.1. The number of ether oxygens (including phenoxy) is 1. The van der Waals surface area contributed by atoms with Crippen molar-refractivity contribution in [2.24, 2.45) is 5.92 Å². The van der Waals surface area contributed by atoms with E-state index in [0.29, 0.717) is 18.8 Å². The minimum atomic E-state index is -0.508. The second-order valence-electron chi connectivity index (χ2n) is 7.56. The van der Waals surface area contributed by atoms with Gasteiger partial charge in [-0.2, -0.15) is 0 Å². The van der Waals surface area contributed by atoms with Crippen molar-refractivity contribution in [3.05, 3.63) is 60.2 Å². The summed E-state index contributed by atoms with van der Waals surface area (Å²) in [6.45, 7) is 1.44. The normalized spacial score (nSPS) is 22.3. The Bertz CT molecular complexity index is 842. The van der Waals surface area contributed by atoms with Crippen LogP contribution >= 0.6 is 0 Å². The number of benzene rings is 1. The highest BCUT2D eigenvalue weighted by atomic mass is 16.5. The van der Waals surface area contributed by atoms with E-state index in [1.54, 1.807) is 18.5 Å². The summed E-state index contributed by atoms with van der Waals surface area (Å²) < 4.78 is 5.32. The number of alkyl carbamates (subject to hydrolysis) is 1. The Labute approximate surface area is 169 Å². The lowest BCUT2D eigenvalue weighted by Gasteiger charge is -2.32. The quantitative estimate of drug-likeness (QED) is 0.684. The molecular weight excluding hydrogens is 370 g/mol. The predicted octanol–water partition coefficient (Wildman–Crippen LogP) is 1.49. The first-order valence-corrected chi connectivity index (χ1v) is 9.94. The molecule has 1 aromatic carbocycles. The number of nitrogens with one attached hydrogen (secondary N) is 3. The van der Waals surface area contributed by atoms with Crippen molar-refractivity contribution >= 4 is 12.0 Å². The Morgan fingerprint density at radius 1 is 1.14 bits per heavy atom. The molecule has 0 radical (unpaired) electrons. The summed E-state index contributed by atoms with van der Waals surface area (Å²) in [7, 11) is 0. The zero-order valence-electron chi connectivity index (χ0n) is 16.1. The summed E-state index contributed by atoms with van der Waals surface area (Å²) >= 11 is 0. The number of nitrogens with zero attached hydrogens (tertiary/aromatic N) is 2. The lowest BCUT2D eigenvalue weighted by molar-refractivity contribution is -0.127. The van der Waals surface area contributed by atoms with E-state index in [1.807, 2.05) is 30.3 Å². The Morgan fingerprint density at radius 3 is 2.62 bits per heavy atom. The maximum absolute atomic E-state index is 13.0. The third-order valence-corrected chi connectivity index (χ3v) is 5.44. The van der Waals surface area contributed by atoms with E-state index in [0.717, 1.165) is 24.9 Å². The molecule has 2 atom stereocenters. The summed E-state index contributed by atoms with van der Waals surface area (Å²) in [5.41, 5.74) is 0.439. The van der Waals surface area contributed by atoms with E-state index in [4.69, 9.17) is 4.74 Å². The van der Waals surface area contributed by atoms with E-state index in [-0.39, 0.29) is 24.5 Å². The highest BCUT2D eigenvalue weighted by Gasteiger charge is 2.49. The Morgan fingerprint density at radius 2 is 1.90 bits per heavy atom. The van der Waals surface area contributed by atoms with Crippen LogP contribution in [0.3, 0.4) is 0 Å². The van der Waals surface area contributed by atoms with E-state index in [9.17, 15) is 9.59 Å². The first-order chi connectivity index (χ1) is 14.2. The molecule has 8 nitrogen and oxygen atoms in total. The molecule has 152 valence electrons. The molecule has 1 saturated heterocycles. The van der Waals surface area contributed by atoms with E-state index < -0.39 is 11.6 Å². The SMILES string of the molecule is O=C(NC1CCNCC1C(=O)NC1(c2ncccn2)CC1)OCc1ccccc1. The van der Waals surface area contributed by atoms with Gasteiger partial charge < -0.3 is 20.7 Å².